The van der Waals surface area contributed by atoms with Crippen molar-refractivity contribution in [1.29, 1.82) is 0 Å². The molecule has 2 atom stereocenters. The molecule has 1 fully saturated rings. The van der Waals surface area contributed by atoms with Crippen LogP contribution >= 0.6 is 0 Å². The molecule has 1 aromatic carbocycles. The molecule has 0 aliphatic carbocycles. The van der Waals surface area contributed by atoms with Crippen molar-refractivity contribution in [2.24, 2.45) is 5.92 Å². The van der Waals surface area contributed by atoms with Crippen LogP contribution in [0.2, 0.25) is 0 Å². The third-order valence-corrected chi connectivity index (χ3v) is 5.09. The van der Waals surface area contributed by atoms with E-state index in [9.17, 15) is 10.0 Å². The Morgan fingerprint density at radius 2 is 2.00 bits per heavy atom. The van der Waals surface area contributed by atoms with E-state index in [1.807, 2.05) is 16.7 Å². The Kier molecular flexibility index (Phi) is 3.88. The summed E-state index contributed by atoms with van der Waals surface area (Å²) in [6.45, 7) is 3.38. The predicted octanol–water partition coefficient (Wildman–Crippen LogP) is 2.16. The third-order valence-electron chi connectivity index (χ3n) is 5.09. The fraction of sp³-hybridized carbons (Fsp3) is 0.389. The van der Waals surface area contributed by atoms with Gasteiger partial charge in [0.05, 0.1) is 5.69 Å². The number of aromatic nitrogens is 1. The number of rotatable bonds is 3. The molecule has 24 heavy (non-hydrogen) atoms. The van der Waals surface area contributed by atoms with Gasteiger partial charge in [-0.3, -0.25) is 14.9 Å². The fourth-order valence-electron chi connectivity index (χ4n) is 4.16. The number of pyridine rings is 1. The Bertz CT molecular complexity index is 802. The highest BCUT2D eigenvalue weighted by molar-refractivity contribution is 5.46. The van der Waals surface area contributed by atoms with Gasteiger partial charge in [-0.2, -0.15) is 0 Å². The molecule has 0 amide bonds. The van der Waals surface area contributed by atoms with E-state index >= 15 is 0 Å². The summed E-state index contributed by atoms with van der Waals surface area (Å²) >= 11 is 0. The van der Waals surface area contributed by atoms with Crippen LogP contribution in [0.5, 0.6) is 0 Å². The van der Waals surface area contributed by atoms with Crippen LogP contribution < -0.4 is 10.8 Å². The van der Waals surface area contributed by atoms with Crippen LogP contribution in [-0.2, 0) is 13.1 Å². The second kappa shape index (κ2) is 6.05. The van der Waals surface area contributed by atoms with Crippen LogP contribution in [0.4, 0.5) is 5.69 Å². The number of hydrogen-bond acceptors (Lipinski definition) is 5. The lowest BCUT2D eigenvalue weighted by atomic mass is 9.83. The molecular formula is C18H20N3O3-. The summed E-state index contributed by atoms with van der Waals surface area (Å²) in [6, 6.07) is 12.6. The first-order valence-corrected chi connectivity index (χ1v) is 8.27. The topological polar surface area (TPSA) is 71.8 Å². The van der Waals surface area contributed by atoms with Crippen LogP contribution in [0.1, 0.15) is 23.6 Å². The van der Waals surface area contributed by atoms with Gasteiger partial charge in [0.1, 0.15) is 0 Å². The maximum Gasteiger partial charge on any atom is 0.250 e. The average molecular weight is 326 g/mol. The predicted molar refractivity (Wildman–Crippen MR) is 90.9 cm³/mol. The van der Waals surface area contributed by atoms with Crippen molar-refractivity contribution >= 4 is 5.69 Å². The Morgan fingerprint density at radius 1 is 1.17 bits per heavy atom. The van der Waals surface area contributed by atoms with E-state index in [0.29, 0.717) is 11.8 Å². The zero-order valence-electron chi connectivity index (χ0n) is 13.3. The molecule has 1 aromatic heterocycles. The average Bonchev–Trinajstić information content (AvgIpc) is 2.56. The van der Waals surface area contributed by atoms with Gasteiger partial charge in [0.25, 0.3) is 5.56 Å². The highest BCUT2D eigenvalue weighted by Crippen LogP contribution is 2.35. The van der Waals surface area contributed by atoms with Crippen molar-refractivity contribution in [3.8, 4) is 0 Å². The minimum absolute atomic E-state index is 0.0989. The lowest BCUT2D eigenvalue weighted by Crippen LogP contribution is -2.46. The largest absolute Gasteiger partial charge is 0.733 e. The summed E-state index contributed by atoms with van der Waals surface area (Å²) in [5.74, 6) is 0.858. The van der Waals surface area contributed by atoms with Gasteiger partial charge in [0.15, 0.2) is 0 Å². The first-order chi connectivity index (χ1) is 11.6. The van der Waals surface area contributed by atoms with Gasteiger partial charge in [-0.15, -0.1) is 0 Å². The standard InChI is InChI=1S/C18H20N3O3/c22-18-6-2-5-17-15-7-14(11-20(17)18)10-19(12-15)9-13-3-1-4-16(8-13)21(23)24/h1-6,8,14-15,23H,7,9-12H2/q-1/t14-,15-/m0/s1. The van der Waals surface area contributed by atoms with Gasteiger partial charge in [-0.25, -0.2) is 0 Å². The van der Waals surface area contributed by atoms with E-state index in [0.717, 1.165) is 43.9 Å². The van der Waals surface area contributed by atoms with Crippen LogP contribution in [0, 0.1) is 11.1 Å². The van der Waals surface area contributed by atoms with Crippen molar-refractivity contribution in [1.82, 2.24) is 9.47 Å². The zero-order chi connectivity index (χ0) is 16.7. The maximum absolute atomic E-state index is 12.1. The molecule has 2 aliphatic rings. The molecule has 1 N–H and O–H groups in total. The molecule has 0 unspecified atom stereocenters. The molecule has 6 heteroatoms. The summed E-state index contributed by atoms with van der Waals surface area (Å²) in [4.78, 5) is 14.4. The number of piperidine rings is 1. The normalized spacial score (nSPS) is 22.9. The minimum atomic E-state index is -0.100. The lowest BCUT2D eigenvalue weighted by molar-refractivity contribution is 0.114. The van der Waals surface area contributed by atoms with Crippen LogP contribution in [0.15, 0.2) is 47.3 Å². The molecule has 0 saturated carbocycles. The molecule has 0 radical (unpaired) electrons. The number of anilines is 1. The highest BCUT2D eigenvalue weighted by Gasteiger charge is 2.34. The number of fused-ring (bicyclic) bond motifs is 4. The SMILES string of the molecule is O=c1cccc2n1C[C@H]1C[C@H]2CN(Cc2cccc(N([O-])O)c2)C1. The van der Waals surface area contributed by atoms with Gasteiger partial charge in [0, 0.05) is 43.9 Å². The molecule has 2 aromatic rings. The molecular weight excluding hydrogens is 306 g/mol. The van der Waals surface area contributed by atoms with Gasteiger partial charge < -0.3 is 15.0 Å². The molecule has 126 valence electrons. The number of hydrogen-bond donors (Lipinski definition) is 1. The van der Waals surface area contributed by atoms with E-state index in [4.69, 9.17) is 5.21 Å². The first kappa shape index (κ1) is 15.4. The van der Waals surface area contributed by atoms with E-state index < -0.39 is 0 Å². The molecule has 2 bridgehead atoms. The van der Waals surface area contributed by atoms with Crippen molar-refractivity contribution in [3.05, 3.63) is 69.3 Å². The second-order valence-corrected chi connectivity index (χ2v) is 6.84. The van der Waals surface area contributed by atoms with Gasteiger partial charge in [0.2, 0.25) is 0 Å². The van der Waals surface area contributed by atoms with E-state index in [1.165, 1.54) is 0 Å². The van der Waals surface area contributed by atoms with Crippen LogP contribution in [-0.4, -0.2) is 27.8 Å². The Hall–Kier alpha value is -2.15. The van der Waals surface area contributed by atoms with Crippen LogP contribution in [0.3, 0.4) is 0 Å². The van der Waals surface area contributed by atoms with E-state index in [2.05, 4.69) is 11.0 Å². The smallest absolute Gasteiger partial charge is 0.250 e. The Balaban J connectivity index is 1.54. The molecule has 1 saturated heterocycles. The van der Waals surface area contributed by atoms with Crippen molar-refractivity contribution in [2.75, 3.05) is 18.3 Å². The summed E-state index contributed by atoms with van der Waals surface area (Å²) < 4.78 is 1.93. The highest BCUT2D eigenvalue weighted by atomic mass is 16.8. The molecule has 2 aliphatic heterocycles. The second-order valence-electron chi connectivity index (χ2n) is 6.84. The molecule has 3 heterocycles. The van der Waals surface area contributed by atoms with Gasteiger partial charge >= 0.3 is 0 Å². The summed E-state index contributed by atoms with van der Waals surface area (Å²) in [6.07, 6.45) is 1.13. The lowest BCUT2D eigenvalue weighted by Gasteiger charge is -2.42. The number of nitrogens with zero attached hydrogens (tertiary/aromatic N) is 3. The first-order valence-electron chi connectivity index (χ1n) is 8.27. The summed E-state index contributed by atoms with van der Waals surface area (Å²) in [5.41, 5.74) is 2.49. The summed E-state index contributed by atoms with van der Waals surface area (Å²) in [7, 11) is 0. The number of likely N-dealkylation sites (tertiary alicyclic amines) is 1. The maximum atomic E-state index is 12.1. The Morgan fingerprint density at radius 3 is 2.83 bits per heavy atom. The Labute approximate surface area is 140 Å². The fourth-order valence-corrected chi connectivity index (χ4v) is 4.16. The molecule has 4 rings (SSSR count). The molecule has 0 spiro atoms. The van der Waals surface area contributed by atoms with E-state index in [1.54, 1.807) is 24.3 Å². The monoisotopic (exact) mass is 326 g/mol. The zero-order valence-corrected chi connectivity index (χ0v) is 13.3. The third kappa shape index (κ3) is 2.84. The number of benzene rings is 1. The van der Waals surface area contributed by atoms with Crippen molar-refractivity contribution in [2.45, 2.75) is 25.4 Å². The van der Waals surface area contributed by atoms with Crippen molar-refractivity contribution < 1.29 is 5.21 Å². The van der Waals surface area contributed by atoms with Gasteiger partial charge in [-0.05, 0) is 36.1 Å². The quantitative estimate of drug-likeness (QED) is 0.875. The van der Waals surface area contributed by atoms with Crippen molar-refractivity contribution in [3.63, 3.8) is 0 Å². The van der Waals surface area contributed by atoms with Gasteiger partial charge in [-0.1, -0.05) is 18.2 Å². The molecule has 6 nitrogen and oxygen atoms in total. The minimum Gasteiger partial charge on any atom is -0.733 e. The summed E-state index contributed by atoms with van der Waals surface area (Å²) in [5, 5.41) is 20.0. The van der Waals surface area contributed by atoms with Crippen LogP contribution in [0.25, 0.3) is 0 Å². The van der Waals surface area contributed by atoms with E-state index in [-0.39, 0.29) is 16.5 Å².